The lowest BCUT2D eigenvalue weighted by molar-refractivity contribution is 0.0934. The average molecular weight is 356 g/mol. The number of ether oxygens (including phenoxy) is 1. The summed E-state index contributed by atoms with van der Waals surface area (Å²) in [6.45, 7) is 4.59. The average Bonchev–Trinajstić information content (AvgIpc) is 3.17. The van der Waals surface area contributed by atoms with Crippen LogP contribution in [0.3, 0.4) is 0 Å². The summed E-state index contributed by atoms with van der Waals surface area (Å²) in [6.07, 6.45) is 2.35. The van der Waals surface area contributed by atoms with Crippen molar-refractivity contribution in [3.63, 3.8) is 0 Å². The molecule has 26 heavy (non-hydrogen) atoms. The summed E-state index contributed by atoms with van der Waals surface area (Å²) >= 11 is 0. The number of halogens is 1. The zero-order valence-electron chi connectivity index (χ0n) is 15.3. The van der Waals surface area contributed by atoms with Crippen molar-refractivity contribution in [1.29, 1.82) is 0 Å². The van der Waals surface area contributed by atoms with E-state index in [2.05, 4.69) is 41.4 Å². The van der Waals surface area contributed by atoms with Gasteiger partial charge in [-0.3, -0.25) is 9.69 Å². The van der Waals surface area contributed by atoms with Gasteiger partial charge in [0.15, 0.2) is 0 Å². The molecule has 0 aromatic heterocycles. The van der Waals surface area contributed by atoms with E-state index < -0.39 is 5.82 Å². The second-order valence-corrected chi connectivity index (χ2v) is 6.72. The van der Waals surface area contributed by atoms with Crippen molar-refractivity contribution >= 4 is 5.91 Å². The molecule has 2 aromatic carbocycles. The highest BCUT2D eigenvalue weighted by atomic mass is 19.1. The fourth-order valence-corrected chi connectivity index (χ4v) is 3.44. The number of carbonyl (C=O) groups excluding carboxylic acids is 1. The first kappa shape index (κ1) is 18.4. The van der Waals surface area contributed by atoms with Crippen LogP contribution in [0.4, 0.5) is 4.39 Å². The summed E-state index contributed by atoms with van der Waals surface area (Å²) in [5.41, 5.74) is 2.61. The Morgan fingerprint density at radius 2 is 1.88 bits per heavy atom. The van der Waals surface area contributed by atoms with Crippen LogP contribution in [-0.2, 0) is 0 Å². The third-order valence-electron chi connectivity index (χ3n) is 4.91. The predicted molar refractivity (Wildman–Crippen MR) is 100 cm³/mol. The number of hydrogen-bond donors (Lipinski definition) is 1. The number of methoxy groups -OCH3 is 1. The zero-order chi connectivity index (χ0) is 18.5. The Balaban J connectivity index is 1.76. The van der Waals surface area contributed by atoms with Gasteiger partial charge in [0.2, 0.25) is 0 Å². The highest BCUT2D eigenvalue weighted by Gasteiger charge is 2.24. The molecule has 1 unspecified atom stereocenters. The van der Waals surface area contributed by atoms with Crippen molar-refractivity contribution in [3.8, 4) is 5.75 Å². The van der Waals surface area contributed by atoms with Gasteiger partial charge in [-0.1, -0.05) is 29.8 Å². The van der Waals surface area contributed by atoms with Gasteiger partial charge >= 0.3 is 0 Å². The van der Waals surface area contributed by atoms with Gasteiger partial charge in [0.05, 0.1) is 18.7 Å². The van der Waals surface area contributed by atoms with E-state index in [1.165, 1.54) is 49.3 Å². The fourth-order valence-electron chi connectivity index (χ4n) is 3.44. The van der Waals surface area contributed by atoms with Gasteiger partial charge in [-0.25, -0.2) is 4.39 Å². The summed E-state index contributed by atoms with van der Waals surface area (Å²) in [7, 11) is 1.48. The smallest absolute Gasteiger partial charge is 0.255 e. The van der Waals surface area contributed by atoms with E-state index in [0.717, 1.165) is 13.1 Å². The van der Waals surface area contributed by atoms with Crippen molar-refractivity contribution in [3.05, 3.63) is 65.0 Å². The number of rotatable bonds is 6. The van der Waals surface area contributed by atoms with E-state index in [1.54, 1.807) is 0 Å². The Kier molecular flexibility index (Phi) is 5.89. The number of benzene rings is 2. The van der Waals surface area contributed by atoms with Gasteiger partial charge in [0.1, 0.15) is 11.6 Å². The molecule has 0 bridgehead atoms. The lowest BCUT2D eigenvalue weighted by Gasteiger charge is -2.28. The van der Waals surface area contributed by atoms with Crippen LogP contribution >= 0.6 is 0 Å². The van der Waals surface area contributed by atoms with E-state index >= 15 is 0 Å². The van der Waals surface area contributed by atoms with Crippen LogP contribution in [0.25, 0.3) is 0 Å². The Morgan fingerprint density at radius 3 is 2.54 bits per heavy atom. The molecule has 1 saturated heterocycles. The topological polar surface area (TPSA) is 41.6 Å². The number of hydrogen-bond acceptors (Lipinski definition) is 3. The van der Waals surface area contributed by atoms with Crippen molar-refractivity contribution in [1.82, 2.24) is 10.2 Å². The second kappa shape index (κ2) is 8.32. The standard InChI is InChI=1S/C21H25FN2O2/c1-15-5-7-16(8-6-15)19(24-11-3-4-12-24)14-23-21(25)18-13-17(22)9-10-20(18)26-2/h5-10,13,19H,3-4,11-12,14H2,1-2H3,(H,23,25). The first-order chi connectivity index (χ1) is 12.6. The molecule has 2 aromatic rings. The summed E-state index contributed by atoms with van der Waals surface area (Å²) in [6, 6.07) is 12.5. The van der Waals surface area contributed by atoms with Crippen molar-refractivity contribution in [2.45, 2.75) is 25.8 Å². The number of nitrogens with zero attached hydrogens (tertiary/aromatic N) is 1. The first-order valence-electron chi connectivity index (χ1n) is 9.01. The predicted octanol–water partition coefficient (Wildman–Crippen LogP) is 3.71. The molecule has 1 aliphatic heterocycles. The van der Waals surface area contributed by atoms with Crippen LogP contribution in [0.5, 0.6) is 5.75 Å². The van der Waals surface area contributed by atoms with Crippen LogP contribution < -0.4 is 10.1 Å². The van der Waals surface area contributed by atoms with Gasteiger partial charge in [-0.2, -0.15) is 0 Å². The van der Waals surface area contributed by atoms with Gasteiger partial charge < -0.3 is 10.1 Å². The lowest BCUT2D eigenvalue weighted by atomic mass is 10.0. The fraction of sp³-hybridized carbons (Fsp3) is 0.381. The van der Waals surface area contributed by atoms with Gasteiger partial charge in [0.25, 0.3) is 5.91 Å². The monoisotopic (exact) mass is 356 g/mol. The summed E-state index contributed by atoms with van der Waals surface area (Å²) in [5, 5.41) is 2.96. The Labute approximate surface area is 154 Å². The summed E-state index contributed by atoms with van der Waals surface area (Å²) in [4.78, 5) is 15.0. The van der Waals surface area contributed by atoms with Crippen molar-refractivity contribution in [2.24, 2.45) is 0 Å². The molecule has 1 atom stereocenters. The number of likely N-dealkylation sites (tertiary alicyclic amines) is 1. The van der Waals surface area contributed by atoms with Crippen molar-refractivity contribution in [2.75, 3.05) is 26.7 Å². The summed E-state index contributed by atoms with van der Waals surface area (Å²) in [5.74, 6) is -0.403. The van der Waals surface area contributed by atoms with Crippen LogP contribution in [0.2, 0.25) is 0 Å². The molecule has 138 valence electrons. The third-order valence-corrected chi connectivity index (χ3v) is 4.91. The number of nitrogens with one attached hydrogen (secondary N) is 1. The van der Waals surface area contributed by atoms with E-state index in [0.29, 0.717) is 12.3 Å². The quantitative estimate of drug-likeness (QED) is 0.858. The minimum Gasteiger partial charge on any atom is -0.496 e. The molecule has 3 rings (SSSR count). The zero-order valence-corrected chi connectivity index (χ0v) is 15.3. The summed E-state index contributed by atoms with van der Waals surface area (Å²) < 4.78 is 18.7. The number of amides is 1. The Morgan fingerprint density at radius 1 is 1.19 bits per heavy atom. The molecule has 1 N–H and O–H groups in total. The first-order valence-corrected chi connectivity index (χ1v) is 9.01. The molecule has 0 saturated carbocycles. The van der Waals surface area contributed by atoms with Gasteiger partial charge in [-0.05, 0) is 56.6 Å². The molecule has 1 heterocycles. The molecule has 0 spiro atoms. The second-order valence-electron chi connectivity index (χ2n) is 6.72. The van der Waals surface area contributed by atoms with Gasteiger partial charge in [-0.15, -0.1) is 0 Å². The van der Waals surface area contributed by atoms with Crippen molar-refractivity contribution < 1.29 is 13.9 Å². The molecular weight excluding hydrogens is 331 g/mol. The number of carbonyl (C=O) groups is 1. The molecule has 1 amide bonds. The van der Waals surface area contributed by atoms with Crippen LogP contribution in [-0.4, -0.2) is 37.6 Å². The maximum Gasteiger partial charge on any atom is 0.255 e. The maximum absolute atomic E-state index is 13.5. The molecule has 4 nitrogen and oxygen atoms in total. The third kappa shape index (κ3) is 4.22. The molecule has 5 heteroatoms. The highest BCUT2D eigenvalue weighted by molar-refractivity contribution is 5.96. The maximum atomic E-state index is 13.5. The molecule has 0 aliphatic carbocycles. The highest BCUT2D eigenvalue weighted by Crippen LogP contribution is 2.25. The Hall–Kier alpha value is -2.40. The molecule has 0 radical (unpaired) electrons. The largest absolute Gasteiger partial charge is 0.496 e. The van der Waals surface area contributed by atoms with E-state index in [4.69, 9.17) is 4.74 Å². The minimum absolute atomic E-state index is 0.113. The van der Waals surface area contributed by atoms with Crippen LogP contribution in [0.1, 0.15) is 40.4 Å². The van der Waals surface area contributed by atoms with E-state index in [9.17, 15) is 9.18 Å². The normalized spacial score (nSPS) is 15.7. The number of aryl methyl sites for hydroxylation is 1. The minimum atomic E-state index is -0.453. The van der Waals surface area contributed by atoms with Crippen LogP contribution in [0, 0.1) is 12.7 Å². The molecule has 1 aliphatic rings. The van der Waals surface area contributed by atoms with Gasteiger partial charge in [0, 0.05) is 6.54 Å². The Bertz CT molecular complexity index is 755. The molecule has 1 fully saturated rings. The van der Waals surface area contributed by atoms with E-state index in [1.807, 2.05) is 0 Å². The van der Waals surface area contributed by atoms with E-state index in [-0.39, 0.29) is 17.5 Å². The van der Waals surface area contributed by atoms with Crippen LogP contribution in [0.15, 0.2) is 42.5 Å². The molecular formula is C21H25FN2O2. The lowest BCUT2D eigenvalue weighted by Crippen LogP contribution is -2.37. The SMILES string of the molecule is COc1ccc(F)cc1C(=O)NCC(c1ccc(C)cc1)N1CCCC1.